The second-order valence-electron chi connectivity index (χ2n) is 6.19. The summed E-state index contributed by atoms with van der Waals surface area (Å²) in [6, 6.07) is 0. The van der Waals surface area contributed by atoms with Crippen molar-refractivity contribution in [2.75, 3.05) is 0 Å². The van der Waals surface area contributed by atoms with E-state index in [1.54, 1.807) is 10.6 Å². The minimum Gasteiger partial charge on any atom is -0.291 e. The van der Waals surface area contributed by atoms with Crippen LogP contribution in [0.15, 0.2) is 0 Å². The minimum absolute atomic E-state index is 0.648. The summed E-state index contributed by atoms with van der Waals surface area (Å²) in [4.78, 5) is 7.84. The number of hydrogen-bond donors (Lipinski definition) is 0. The molecule has 0 fully saturated rings. The summed E-state index contributed by atoms with van der Waals surface area (Å²) in [5.74, 6) is 1.46. The number of thiazole rings is 1. The van der Waals surface area contributed by atoms with Crippen molar-refractivity contribution in [1.82, 2.24) is 9.38 Å². The third-order valence-electron chi connectivity index (χ3n) is 4.61. The molecule has 3 heteroatoms. The Morgan fingerprint density at radius 1 is 1.17 bits per heavy atom. The third-order valence-corrected chi connectivity index (χ3v) is 5.75. The Labute approximate surface area is 112 Å². The van der Waals surface area contributed by atoms with Crippen LogP contribution in [-0.4, -0.2) is 9.38 Å². The van der Waals surface area contributed by atoms with Crippen molar-refractivity contribution in [1.29, 1.82) is 0 Å². The summed E-state index contributed by atoms with van der Waals surface area (Å²) in [5, 5.41) is 0. The molecule has 2 aliphatic rings. The van der Waals surface area contributed by atoms with Crippen molar-refractivity contribution in [3.63, 3.8) is 0 Å². The van der Waals surface area contributed by atoms with Gasteiger partial charge in [-0.3, -0.25) is 4.40 Å². The first-order valence-electron chi connectivity index (χ1n) is 7.26. The molecule has 0 radical (unpaired) electrons. The van der Waals surface area contributed by atoms with E-state index in [2.05, 4.69) is 18.2 Å². The van der Waals surface area contributed by atoms with Gasteiger partial charge in [0.2, 0.25) is 0 Å². The van der Waals surface area contributed by atoms with Gasteiger partial charge in [0.1, 0.15) is 0 Å². The van der Waals surface area contributed by atoms with Crippen molar-refractivity contribution in [2.45, 2.75) is 58.3 Å². The Balaban J connectivity index is 1.97. The van der Waals surface area contributed by atoms with Gasteiger partial charge in [0.25, 0.3) is 0 Å². The van der Waals surface area contributed by atoms with Gasteiger partial charge in [-0.2, -0.15) is 0 Å². The lowest BCUT2D eigenvalue weighted by atomic mass is 9.84. The van der Waals surface area contributed by atoms with Gasteiger partial charge >= 0.3 is 0 Å². The summed E-state index contributed by atoms with van der Waals surface area (Å²) in [7, 11) is 0. The van der Waals surface area contributed by atoms with Crippen LogP contribution in [0, 0.1) is 5.92 Å². The maximum absolute atomic E-state index is 4.96. The SMILES string of the molecule is CC1Cc2c(nc3sc4c(n23)CCCC4)C(C)C1. The van der Waals surface area contributed by atoms with Crippen LogP contribution in [-0.2, 0) is 19.3 Å². The molecule has 0 amide bonds. The lowest BCUT2D eigenvalue weighted by molar-refractivity contribution is 0.436. The maximum Gasteiger partial charge on any atom is 0.194 e. The summed E-state index contributed by atoms with van der Waals surface area (Å²) < 4.78 is 2.53. The first kappa shape index (κ1) is 11.0. The molecule has 0 aliphatic heterocycles. The highest BCUT2D eigenvalue weighted by atomic mass is 32.1. The Bertz CT molecular complexity index is 608. The highest BCUT2D eigenvalue weighted by Gasteiger charge is 2.29. The predicted molar refractivity (Wildman–Crippen MR) is 75.6 cm³/mol. The number of imidazole rings is 1. The second kappa shape index (κ2) is 3.83. The van der Waals surface area contributed by atoms with Crippen LogP contribution < -0.4 is 0 Å². The molecular weight excluding hydrogens is 240 g/mol. The molecule has 0 N–H and O–H groups in total. The zero-order valence-corrected chi connectivity index (χ0v) is 12.0. The standard InChI is InChI=1S/C15H20N2S/c1-9-7-10(2)14-12(8-9)17-11-5-3-4-6-13(11)18-15(17)16-14/h9-10H,3-8H2,1-2H3. The number of nitrogens with zero attached hydrogens (tertiary/aromatic N) is 2. The molecule has 18 heavy (non-hydrogen) atoms. The van der Waals surface area contributed by atoms with E-state index in [9.17, 15) is 0 Å². The summed E-state index contributed by atoms with van der Waals surface area (Å²) >= 11 is 1.95. The fourth-order valence-electron chi connectivity index (χ4n) is 3.83. The quantitative estimate of drug-likeness (QED) is 0.701. The lowest BCUT2D eigenvalue weighted by Gasteiger charge is -2.24. The molecule has 0 saturated heterocycles. The zero-order chi connectivity index (χ0) is 12.3. The largest absolute Gasteiger partial charge is 0.291 e. The van der Waals surface area contributed by atoms with E-state index < -0.39 is 0 Å². The van der Waals surface area contributed by atoms with Crippen LogP contribution in [0.5, 0.6) is 0 Å². The Morgan fingerprint density at radius 2 is 2.00 bits per heavy atom. The van der Waals surface area contributed by atoms with E-state index >= 15 is 0 Å². The molecule has 96 valence electrons. The average Bonchev–Trinajstić information content (AvgIpc) is 2.85. The Kier molecular flexibility index (Phi) is 2.35. The van der Waals surface area contributed by atoms with Crippen LogP contribution in [0.4, 0.5) is 0 Å². The number of hydrogen-bond acceptors (Lipinski definition) is 2. The second-order valence-corrected chi connectivity index (χ2v) is 7.25. The van der Waals surface area contributed by atoms with E-state index in [1.165, 1.54) is 54.9 Å². The molecule has 2 aliphatic carbocycles. The normalized spacial score (nSPS) is 27.2. The van der Waals surface area contributed by atoms with E-state index in [0.717, 1.165) is 5.92 Å². The van der Waals surface area contributed by atoms with Gasteiger partial charge in [-0.1, -0.05) is 13.8 Å². The molecule has 2 unspecified atom stereocenters. The van der Waals surface area contributed by atoms with E-state index in [1.807, 2.05) is 11.3 Å². The molecule has 2 aromatic rings. The van der Waals surface area contributed by atoms with Crippen LogP contribution in [0.3, 0.4) is 0 Å². The monoisotopic (exact) mass is 260 g/mol. The average molecular weight is 260 g/mol. The first-order valence-corrected chi connectivity index (χ1v) is 8.07. The summed E-state index contributed by atoms with van der Waals surface area (Å²) in [5.41, 5.74) is 4.53. The van der Waals surface area contributed by atoms with E-state index in [0.29, 0.717) is 5.92 Å². The number of fused-ring (bicyclic) bond motifs is 5. The van der Waals surface area contributed by atoms with Crippen molar-refractivity contribution in [2.24, 2.45) is 5.92 Å². The lowest BCUT2D eigenvalue weighted by Crippen LogP contribution is -2.17. The third kappa shape index (κ3) is 1.43. The van der Waals surface area contributed by atoms with Gasteiger partial charge in [0.05, 0.1) is 5.69 Å². The molecule has 0 spiro atoms. The summed E-state index contributed by atoms with van der Waals surface area (Å²) in [6.07, 6.45) is 7.80. The van der Waals surface area contributed by atoms with Gasteiger partial charge < -0.3 is 0 Å². The summed E-state index contributed by atoms with van der Waals surface area (Å²) in [6.45, 7) is 4.73. The Morgan fingerprint density at radius 3 is 2.89 bits per heavy atom. The van der Waals surface area contributed by atoms with Crippen LogP contribution in [0.2, 0.25) is 0 Å². The molecule has 2 aromatic heterocycles. The Hall–Kier alpha value is -0.830. The van der Waals surface area contributed by atoms with Crippen LogP contribution in [0.25, 0.3) is 4.96 Å². The van der Waals surface area contributed by atoms with Gasteiger partial charge in [0.15, 0.2) is 4.96 Å². The smallest absolute Gasteiger partial charge is 0.194 e. The molecule has 0 bridgehead atoms. The van der Waals surface area contributed by atoms with E-state index in [4.69, 9.17) is 4.98 Å². The predicted octanol–water partition coefficient (Wildman–Crippen LogP) is 3.96. The number of aryl methyl sites for hydroxylation is 2. The fourth-order valence-corrected chi connectivity index (χ4v) is 5.07. The molecule has 2 nitrogen and oxygen atoms in total. The first-order chi connectivity index (χ1) is 8.74. The van der Waals surface area contributed by atoms with Crippen molar-refractivity contribution in [3.05, 3.63) is 22.0 Å². The van der Waals surface area contributed by atoms with Gasteiger partial charge in [0, 0.05) is 22.2 Å². The highest BCUT2D eigenvalue weighted by molar-refractivity contribution is 7.17. The van der Waals surface area contributed by atoms with Crippen LogP contribution >= 0.6 is 11.3 Å². The molecule has 0 saturated carbocycles. The molecule has 2 atom stereocenters. The van der Waals surface area contributed by atoms with Crippen molar-refractivity contribution < 1.29 is 0 Å². The molecule has 4 rings (SSSR count). The van der Waals surface area contributed by atoms with Crippen LogP contribution in [0.1, 0.15) is 61.0 Å². The van der Waals surface area contributed by atoms with Gasteiger partial charge in [-0.25, -0.2) is 4.98 Å². The zero-order valence-electron chi connectivity index (χ0n) is 11.2. The van der Waals surface area contributed by atoms with Gasteiger partial charge in [-0.05, 0) is 44.4 Å². The molecular formula is C15H20N2S. The fraction of sp³-hybridized carbons (Fsp3) is 0.667. The molecule has 0 aromatic carbocycles. The number of aromatic nitrogens is 2. The minimum atomic E-state index is 0.648. The van der Waals surface area contributed by atoms with E-state index in [-0.39, 0.29) is 0 Å². The van der Waals surface area contributed by atoms with Crippen molar-refractivity contribution >= 4 is 16.3 Å². The molecule has 2 heterocycles. The number of rotatable bonds is 0. The highest BCUT2D eigenvalue weighted by Crippen LogP contribution is 2.39. The maximum atomic E-state index is 4.96. The topological polar surface area (TPSA) is 17.3 Å². The van der Waals surface area contributed by atoms with Crippen molar-refractivity contribution in [3.8, 4) is 0 Å². The van der Waals surface area contributed by atoms with Gasteiger partial charge in [-0.15, -0.1) is 11.3 Å².